The van der Waals surface area contributed by atoms with Crippen molar-refractivity contribution in [3.63, 3.8) is 0 Å². The molecule has 0 aliphatic carbocycles. The van der Waals surface area contributed by atoms with E-state index in [9.17, 15) is 4.79 Å². The number of aromatic nitrogens is 2. The molecule has 0 spiro atoms. The molecule has 3 heterocycles. The summed E-state index contributed by atoms with van der Waals surface area (Å²) in [5, 5.41) is 10.4. The summed E-state index contributed by atoms with van der Waals surface area (Å²) in [6, 6.07) is 2.50. The molecule has 1 aromatic rings. The number of amides is 1. The molecule has 2 N–H and O–H groups in total. The highest BCUT2D eigenvalue weighted by atomic mass is 16.2. The van der Waals surface area contributed by atoms with Crippen LogP contribution in [0.5, 0.6) is 0 Å². The number of nitrogens with zero attached hydrogens (tertiary/aromatic N) is 4. The van der Waals surface area contributed by atoms with Gasteiger partial charge in [0, 0.05) is 58.1 Å². The lowest BCUT2D eigenvalue weighted by Gasteiger charge is -2.37. The van der Waals surface area contributed by atoms with Crippen molar-refractivity contribution in [2.24, 2.45) is 7.05 Å². The third-order valence-corrected chi connectivity index (χ3v) is 4.31. The molecule has 2 fully saturated rings. The van der Waals surface area contributed by atoms with Crippen LogP contribution in [0.25, 0.3) is 0 Å². The molecule has 1 unspecified atom stereocenters. The molecule has 21 heavy (non-hydrogen) atoms. The van der Waals surface area contributed by atoms with Gasteiger partial charge in [0.1, 0.15) is 0 Å². The van der Waals surface area contributed by atoms with Crippen LogP contribution >= 0.6 is 0 Å². The summed E-state index contributed by atoms with van der Waals surface area (Å²) in [6.45, 7) is 6.75. The number of carbonyl (C=O) groups is 1. The Labute approximate surface area is 125 Å². The second-order valence-corrected chi connectivity index (χ2v) is 5.88. The quantitative estimate of drug-likeness (QED) is 0.771. The van der Waals surface area contributed by atoms with Gasteiger partial charge in [0.15, 0.2) is 5.82 Å². The topological polar surface area (TPSA) is 65.4 Å². The van der Waals surface area contributed by atoms with E-state index in [0.29, 0.717) is 18.4 Å². The molecular weight excluding hydrogens is 268 g/mol. The Hall–Kier alpha value is -1.44. The zero-order valence-electron chi connectivity index (χ0n) is 12.6. The number of hydrogen-bond donors (Lipinski definition) is 2. The van der Waals surface area contributed by atoms with E-state index in [1.165, 1.54) is 6.42 Å². The first kappa shape index (κ1) is 14.5. The average molecular weight is 292 g/mol. The highest BCUT2D eigenvalue weighted by Crippen LogP contribution is 2.12. The van der Waals surface area contributed by atoms with Crippen molar-refractivity contribution in [3.05, 3.63) is 12.3 Å². The molecule has 7 nitrogen and oxygen atoms in total. The van der Waals surface area contributed by atoms with Crippen LogP contribution in [0.15, 0.2) is 12.3 Å². The van der Waals surface area contributed by atoms with Crippen LogP contribution in [0.3, 0.4) is 0 Å². The van der Waals surface area contributed by atoms with Gasteiger partial charge in [-0.05, 0) is 13.0 Å². The highest BCUT2D eigenvalue weighted by Gasteiger charge is 2.26. The summed E-state index contributed by atoms with van der Waals surface area (Å²) in [5.74, 6) is 0.642. The fourth-order valence-electron chi connectivity index (χ4n) is 3.10. The Balaban J connectivity index is 1.41. The van der Waals surface area contributed by atoms with Crippen molar-refractivity contribution >= 4 is 11.7 Å². The van der Waals surface area contributed by atoms with Crippen molar-refractivity contribution in [1.82, 2.24) is 24.9 Å². The van der Waals surface area contributed by atoms with Crippen LogP contribution < -0.4 is 10.6 Å². The fraction of sp³-hybridized carbons (Fsp3) is 0.714. The number of carbonyl (C=O) groups excluding carboxylic acids is 1. The van der Waals surface area contributed by atoms with Gasteiger partial charge in [-0.3, -0.25) is 19.3 Å². The van der Waals surface area contributed by atoms with E-state index in [0.717, 1.165) is 39.3 Å². The lowest BCUT2D eigenvalue weighted by Crippen LogP contribution is -2.52. The molecule has 116 valence electrons. The second kappa shape index (κ2) is 6.55. The van der Waals surface area contributed by atoms with Crippen LogP contribution in [0.4, 0.5) is 5.82 Å². The maximum absolute atomic E-state index is 12.0. The Bertz CT molecular complexity index is 474. The van der Waals surface area contributed by atoms with E-state index in [1.54, 1.807) is 4.68 Å². The molecular formula is C14H24N6O. The monoisotopic (exact) mass is 292 g/mol. The van der Waals surface area contributed by atoms with Gasteiger partial charge in [-0.2, -0.15) is 5.10 Å². The van der Waals surface area contributed by atoms with E-state index >= 15 is 0 Å². The highest BCUT2D eigenvalue weighted by molar-refractivity contribution is 5.91. The second-order valence-electron chi connectivity index (χ2n) is 5.88. The molecule has 2 aliphatic rings. The number of anilines is 1. The number of piperazine rings is 1. The van der Waals surface area contributed by atoms with Gasteiger partial charge in [-0.1, -0.05) is 0 Å². The van der Waals surface area contributed by atoms with Crippen LogP contribution in [-0.2, 0) is 11.8 Å². The minimum Gasteiger partial charge on any atom is -0.315 e. The molecule has 2 aliphatic heterocycles. The van der Waals surface area contributed by atoms with Gasteiger partial charge >= 0.3 is 0 Å². The standard InChI is InChI=1S/C14H24N6O/c1-18-5-3-13(17-18)16-14(21)11-19-6-8-20(9-7-19)12-2-4-15-10-12/h3,5,12,15H,2,4,6-11H2,1H3,(H,16,17,21). The van der Waals surface area contributed by atoms with E-state index in [2.05, 4.69) is 25.5 Å². The number of rotatable bonds is 4. The van der Waals surface area contributed by atoms with Gasteiger partial charge in [0.25, 0.3) is 0 Å². The number of aryl methyl sites for hydroxylation is 1. The van der Waals surface area contributed by atoms with E-state index in [1.807, 2.05) is 19.3 Å². The van der Waals surface area contributed by atoms with Gasteiger partial charge in [-0.25, -0.2) is 0 Å². The first-order chi connectivity index (χ1) is 10.2. The molecule has 7 heteroatoms. The maximum Gasteiger partial charge on any atom is 0.239 e. The first-order valence-electron chi connectivity index (χ1n) is 7.67. The molecule has 0 bridgehead atoms. The van der Waals surface area contributed by atoms with Crippen molar-refractivity contribution < 1.29 is 4.79 Å². The van der Waals surface area contributed by atoms with Gasteiger partial charge in [0.2, 0.25) is 5.91 Å². The normalized spacial score (nSPS) is 24.3. The van der Waals surface area contributed by atoms with E-state index in [4.69, 9.17) is 0 Å². The Morgan fingerprint density at radius 1 is 1.43 bits per heavy atom. The molecule has 0 radical (unpaired) electrons. The Morgan fingerprint density at radius 2 is 2.24 bits per heavy atom. The summed E-state index contributed by atoms with van der Waals surface area (Å²) in [4.78, 5) is 16.8. The van der Waals surface area contributed by atoms with Gasteiger partial charge < -0.3 is 10.6 Å². The summed E-state index contributed by atoms with van der Waals surface area (Å²) in [5.41, 5.74) is 0. The SMILES string of the molecule is Cn1ccc(NC(=O)CN2CCN(C3CCNC3)CC2)n1. The van der Waals surface area contributed by atoms with E-state index < -0.39 is 0 Å². The van der Waals surface area contributed by atoms with Crippen molar-refractivity contribution in [2.75, 3.05) is 51.1 Å². The molecule has 0 aromatic carbocycles. The molecule has 2 saturated heterocycles. The third kappa shape index (κ3) is 3.81. The summed E-state index contributed by atoms with van der Waals surface area (Å²) >= 11 is 0. The molecule has 1 atom stereocenters. The predicted octanol–water partition coefficient (Wildman–Crippen LogP) is -0.662. The third-order valence-electron chi connectivity index (χ3n) is 4.31. The van der Waals surface area contributed by atoms with Crippen molar-refractivity contribution in [1.29, 1.82) is 0 Å². The van der Waals surface area contributed by atoms with Crippen molar-refractivity contribution in [3.8, 4) is 0 Å². The van der Waals surface area contributed by atoms with E-state index in [-0.39, 0.29) is 5.91 Å². The fourth-order valence-corrected chi connectivity index (χ4v) is 3.10. The van der Waals surface area contributed by atoms with Gasteiger partial charge in [-0.15, -0.1) is 0 Å². The number of hydrogen-bond acceptors (Lipinski definition) is 5. The average Bonchev–Trinajstić information content (AvgIpc) is 3.11. The predicted molar refractivity (Wildman–Crippen MR) is 81.1 cm³/mol. The molecule has 1 amide bonds. The smallest absolute Gasteiger partial charge is 0.239 e. The van der Waals surface area contributed by atoms with Crippen LogP contribution in [0.1, 0.15) is 6.42 Å². The van der Waals surface area contributed by atoms with Crippen molar-refractivity contribution in [2.45, 2.75) is 12.5 Å². The summed E-state index contributed by atoms with van der Waals surface area (Å²) in [6.07, 6.45) is 3.07. The zero-order valence-corrected chi connectivity index (χ0v) is 12.6. The molecule has 0 saturated carbocycles. The minimum absolute atomic E-state index is 0.0182. The largest absolute Gasteiger partial charge is 0.315 e. The minimum atomic E-state index is 0.0182. The number of nitrogens with one attached hydrogen (secondary N) is 2. The lowest BCUT2D eigenvalue weighted by molar-refractivity contribution is -0.117. The lowest BCUT2D eigenvalue weighted by atomic mass is 10.2. The Morgan fingerprint density at radius 3 is 2.86 bits per heavy atom. The first-order valence-corrected chi connectivity index (χ1v) is 7.67. The van der Waals surface area contributed by atoms with Crippen LogP contribution in [0, 0.1) is 0 Å². The summed E-state index contributed by atoms with van der Waals surface area (Å²) in [7, 11) is 1.84. The summed E-state index contributed by atoms with van der Waals surface area (Å²) < 4.78 is 1.68. The maximum atomic E-state index is 12.0. The molecule has 1 aromatic heterocycles. The molecule has 3 rings (SSSR count). The zero-order chi connectivity index (χ0) is 14.7. The van der Waals surface area contributed by atoms with Crippen LogP contribution in [0.2, 0.25) is 0 Å². The Kier molecular flexibility index (Phi) is 4.52. The van der Waals surface area contributed by atoms with Gasteiger partial charge in [0.05, 0.1) is 6.54 Å². The van der Waals surface area contributed by atoms with Crippen LogP contribution in [-0.4, -0.2) is 77.3 Å².